The van der Waals surface area contributed by atoms with Gasteiger partial charge in [0.15, 0.2) is 0 Å². The summed E-state index contributed by atoms with van der Waals surface area (Å²) in [6.07, 6.45) is 1.53. The highest BCUT2D eigenvalue weighted by atomic mass is 16.3. The molecule has 3 aromatic rings. The van der Waals surface area contributed by atoms with E-state index in [2.05, 4.69) is 0 Å². The van der Waals surface area contributed by atoms with Gasteiger partial charge in [-0.3, -0.25) is 9.59 Å². The van der Waals surface area contributed by atoms with Crippen molar-refractivity contribution in [1.29, 1.82) is 0 Å². The van der Waals surface area contributed by atoms with Crippen molar-refractivity contribution >= 4 is 17.4 Å². The summed E-state index contributed by atoms with van der Waals surface area (Å²) in [5.74, 6) is -0.925. The molecule has 0 radical (unpaired) electrons. The van der Waals surface area contributed by atoms with Gasteiger partial charge in [0.25, 0.3) is 11.7 Å². The van der Waals surface area contributed by atoms with E-state index in [1.54, 1.807) is 12.1 Å². The minimum atomic E-state index is -0.693. The second-order valence-electron chi connectivity index (χ2n) is 7.24. The van der Waals surface area contributed by atoms with E-state index in [0.717, 1.165) is 16.7 Å². The van der Waals surface area contributed by atoms with Gasteiger partial charge in [-0.2, -0.15) is 0 Å². The van der Waals surface area contributed by atoms with E-state index >= 15 is 0 Å². The Morgan fingerprint density at radius 2 is 1.79 bits per heavy atom. The summed E-state index contributed by atoms with van der Waals surface area (Å²) >= 11 is 0. The molecule has 1 aromatic heterocycles. The lowest BCUT2D eigenvalue weighted by Crippen LogP contribution is -2.29. The van der Waals surface area contributed by atoms with Gasteiger partial charge in [0, 0.05) is 5.56 Å². The van der Waals surface area contributed by atoms with Crippen molar-refractivity contribution in [3.05, 3.63) is 101 Å². The third-order valence-corrected chi connectivity index (χ3v) is 5.21. The maximum absolute atomic E-state index is 13.0. The van der Waals surface area contributed by atoms with Crippen LogP contribution in [-0.2, 0) is 16.1 Å². The average molecular weight is 387 g/mol. The maximum atomic E-state index is 13.0. The zero-order chi connectivity index (χ0) is 20.5. The number of hydrogen-bond acceptors (Lipinski definition) is 4. The van der Waals surface area contributed by atoms with Crippen molar-refractivity contribution < 1.29 is 19.1 Å². The minimum Gasteiger partial charge on any atom is -0.507 e. The Bertz CT molecular complexity index is 1100. The van der Waals surface area contributed by atoms with Crippen molar-refractivity contribution in [2.24, 2.45) is 0 Å². The van der Waals surface area contributed by atoms with E-state index in [0.29, 0.717) is 11.3 Å². The van der Waals surface area contributed by atoms with Crippen LogP contribution >= 0.6 is 0 Å². The number of aryl methyl sites for hydroxylation is 2. The zero-order valence-electron chi connectivity index (χ0n) is 16.3. The van der Waals surface area contributed by atoms with Gasteiger partial charge in [-0.1, -0.05) is 48.0 Å². The predicted octanol–water partition coefficient (Wildman–Crippen LogP) is 4.52. The molecular formula is C24H21NO4. The molecule has 0 bridgehead atoms. The van der Waals surface area contributed by atoms with Gasteiger partial charge in [-0.15, -0.1) is 0 Å². The van der Waals surface area contributed by atoms with Gasteiger partial charge < -0.3 is 14.4 Å². The van der Waals surface area contributed by atoms with Crippen LogP contribution in [0.4, 0.5) is 0 Å². The van der Waals surface area contributed by atoms with Gasteiger partial charge in [0.05, 0.1) is 24.4 Å². The Morgan fingerprint density at radius 1 is 1.03 bits per heavy atom. The summed E-state index contributed by atoms with van der Waals surface area (Å²) in [7, 11) is 0. The third kappa shape index (κ3) is 3.36. The molecule has 2 aromatic carbocycles. The number of nitrogens with zero attached hydrogens (tertiary/aromatic N) is 1. The molecule has 1 saturated heterocycles. The molecule has 1 aliphatic rings. The molecule has 1 amide bonds. The first-order valence-electron chi connectivity index (χ1n) is 9.40. The number of aliphatic hydroxyl groups is 1. The second-order valence-corrected chi connectivity index (χ2v) is 7.24. The highest BCUT2D eigenvalue weighted by Gasteiger charge is 2.46. The van der Waals surface area contributed by atoms with E-state index < -0.39 is 17.7 Å². The number of aliphatic hydroxyl groups excluding tert-OH is 1. The summed E-state index contributed by atoms with van der Waals surface area (Å²) in [6, 6.07) is 17.7. The number of hydrogen-bond donors (Lipinski definition) is 1. The number of carbonyl (C=O) groups excluding carboxylic acids is 2. The van der Waals surface area contributed by atoms with Crippen LogP contribution in [0.1, 0.15) is 34.1 Å². The molecule has 1 atom stereocenters. The van der Waals surface area contributed by atoms with Crippen LogP contribution in [0.5, 0.6) is 0 Å². The van der Waals surface area contributed by atoms with Gasteiger partial charge >= 0.3 is 0 Å². The SMILES string of the molecule is Cc1ccc(C)c(/C(O)=C2\C(=O)C(=O)N(Cc3ccco3)C2c2ccccc2)c1. The molecule has 146 valence electrons. The van der Waals surface area contributed by atoms with Crippen LogP contribution in [0.15, 0.2) is 76.9 Å². The van der Waals surface area contributed by atoms with Crippen LogP contribution in [0, 0.1) is 13.8 Å². The minimum absolute atomic E-state index is 0.0986. The maximum Gasteiger partial charge on any atom is 0.296 e. The van der Waals surface area contributed by atoms with E-state index in [1.165, 1.54) is 11.2 Å². The first-order chi connectivity index (χ1) is 14.0. The largest absolute Gasteiger partial charge is 0.507 e. The number of carbonyl (C=O) groups is 2. The third-order valence-electron chi connectivity index (χ3n) is 5.21. The van der Waals surface area contributed by atoms with Gasteiger partial charge in [-0.25, -0.2) is 0 Å². The molecule has 0 spiro atoms. The number of likely N-dealkylation sites (tertiary alicyclic amines) is 1. The van der Waals surface area contributed by atoms with Crippen LogP contribution in [-0.4, -0.2) is 21.7 Å². The van der Waals surface area contributed by atoms with Crippen LogP contribution in [0.2, 0.25) is 0 Å². The van der Waals surface area contributed by atoms with Gasteiger partial charge in [0.1, 0.15) is 11.5 Å². The first kappa shape index (κ1) is 18.7. The standard InChI is InChI=1S/C24H21NO4/c1-15-10-11-16(2)19(13-15)22(26)20-21(17-7-4-3-5-8-17)25(24(28)23(20)27)14-18-9-6-12-29-18/h3-13,21,26H,14H2,1-2H3/b22-20+. The fourth-order valence-electron chi connectivity index (χ4n) is 3.73. The number of rotatable bonds is 4. The van der Waals surface area contributed by atoms with Crippen molar-refractivity contribution in [1.82, 2.24) is 4.90 Å². The second kappa shape index (κ2) is 7.43. The topological polar surface area (TPSA) is 70.8 Å². The molecule has 5 nitrogen and oxygen atoms in total. The number of amides is 1. The molecule has 1 fully saturated rings. The molecule has 1 unspecified atom stereocenters. The zero-order valence-corrected chi connectivity index (χ0v) is 16.3. The quantitative estimate of drug-likeness (QED) is 0.406. The normalized spacial score (nSPS) is 18.4. The molecule has 1 aliphatic heterocycles. The lowest BCUT2D eigenvalue weighted by molar-refractivity contribution is -0.140. The number of benzene rings is 2. The van der Waals surface area contributed by atoms with E-state index in [1.807, 2.05) is 62.4 Å². The Hall–Kier alpha value is -3.60. The van der Waals surface area contributed by atoms with Gasteiger partial charge in [0.2, 0.25) is 0 Å². The molecule has 4 rings (SSSR count). The van der Waals surface area contributed by atoms with Crippen molar-refractivity contribution in [3.8, 4) is 0 Å². The van der Waals surface area contributed by atoms with E-state index in [9.17, 15) is 14.7 Å². The Morgan fingerprint density at radius 3 is 2.48 bits per heavy atom. The highest BCUT2D eigenvalue weighted by Crippen LogP contribution is 2.40. The summed E-state index contributed by atoms with van der Waals surface area (Å²) in [4.78, 5) is 27.4. The molecule has 0 aliphatic carbocycles. The Balaban J connectivity index is 1.90. The predicted molar refractivity (Wildman–Crippen MR) is 109 cm³/mol. The Kier molecular flexibility index (Phi) is 4.80. The Labute approximate surface area is 168 Å². The molecule has 1 N–H and O–H groups in total. The molecule has 0 saturated carbocycles. The fourth-order valence-corrected chi connectivity index (χ4v) is 3.73. The lowest BCUT2D eigenvalue weighted by atomic mass is 9.93. The van der Waals surface area contributed by atoms with Crippen LogP contribution in [0.25, 0.3) is 5.76 Å². The summed E-state index contributed by atoms with van der Waals surface area (Å²) in [6.45, 7) is 3.92. The van der Waals surface area contributed by atoms with Crippen molar-refractivity contribution in [2.45, 2.75) is 26.4 Å². The van der Waals surface area contributed by atoms with E-state index in [-0.39, 0.29) is 17.9 Å². The van der Waals surface area contributed by atoms with Gasteiger partial charge in [-0.05, 0) is 43.2 Å². The van der Waals surface area contributed by atoms with Crippen molar-refractivity contribution in [3.63, 3.8) is 0 Å². The van der Waals surface area contributed by atoms with E-state index in [4.69, 9.17) is 4.42 Å². The number of furan rings is 1. The highest BCUT2D eigenvalue weighted by molar-refractivity contribution is 6.46. The molecule has 29 heavy (non-hydrogen) atoms. The lowest BCUT2D eigenvalue weighted by Gasteiger charge is -2.24. The number of Topliss-reactive ketones (excluding diaryl/α,β-unsaturated/α-hetero) is 1. The summed E-state index contributed by atoms with van der Waals surface area (Å²) < 4.78 is 5.39. The molecular weight excluding hydrogens is 366 g/mol. The number of ketones is 1. The van der Waals surface area contributed by atoms with Crippen LogP contribution in [0.3, 0.4) is 0 Å². The smallest absolute Gasteiger partial charge is 0.296 e. The fraction of sp³-hybridized carbons (Fsp3) is 0.167. The molecule has 2 heterocycles. The monoisotopic (exact) mass is 387 g/mol. The average Bonchev–Trinajstić information content (AvgIpc) is 3.32. The van der Waals surface area contributed by atoms with Crippen LogP contribution < -0.4 is 0 Å². The molecule has 5 heteroatoms. The first-order valence-corrected chi connectivity index (χ1v) is 9.40. The van der Waals surface area contributed by atoms with Crippen molar-refractivity contribution in [2.75, 3.05) is 0 Å². The summed E-state index contributed by atoms with van der Waals surface area (Å²) in [5, 5.41) is 11.1. The summed E-state index contributed by atoms with van der Waals surface area (Å²) in [5.41, 5.74) is 3.20.